The van der Waals surface area contributed by atoms with Crippen LogP contribution in [0.4, 0.5) is 23.2 Å². The van der Waals surface area contributed by atoms with Crippen molar-refractivity contribution in [3.8, 4) is 11.6 Å². The highest BCUT2D eigenvalue weighted by atomic mass is 19.4. The Kier molecular flexibility index (Phi) is 5.11. The molecule has 0 radical (unpaired) electrons. The number of carbonyl (C=O) groups excluding carboxylic acids is 1. The molecule has 1 saturated carbocycles. The number of alkyl halides is 3. The van der Waals surface area contributed by atoms with E-state index in [1.165, 1.54) is 13.3 Å². The van der Waals surface area contributed by atoms with Crippen LogP contribution in [0.2, 0.25) is 0 Å². The number of nitrogens with zero attached hydrogens (tertiary/aromatic N) is 2. The standard InChI is InChI=1S/C22H22F4N4O3/c1-32-20-18(19(31)29-21-7-14(8-21)28-11-21)17(2-3-27-20)30-9-16(10-30)33-15-5-12(22(24,25)26)4-13(23)6-15/h2-6,14,16,28H,7-11H2,1H3,(H,29,31). The minimum Gasteiger partial charge on any atom is -0.487 e. The van der Waals surface area contributed by atoms with E-state index in [1.54, 1.807) is 6.07 Å². The zero-order valence-electron chi connectivity index (χ0n) is 17.7. The van der Waals surface area contributed by atoms with Crippen LogP contribution < -0.4 is 25.0 Å². The van der Waals surface area contributed by atoms with Gasteiger partial charge in [-0.15, -0.1) is 0 Å². The van der Waals surface area contributed by atoms with Crippen LogP contribution in [0, 0.1) is 5.82 Å². The molecule has 4 aliphatic rings. The van der Waals surface area contributed by atoms with Crippen LogP contribution in [0.25, 0.3) is 0 Å². The first-order valence-corrected chi connectivity index (χ1v) is 10.5. The van der Waals surface area contributed by atoms with E-state index < -0.39 is 23.7 Å². The Balaban J connectivity index is 1.30. The number of rotatable bonds is 6. The van der Waals surface area contributed by atoms with Gasteiger partial charge in [-0.25, -0.2) is 9.37 Å². The van der Waals surface area contributed by atoms with Crippen molar-refractivity contribution in [1.82, 2.24) is 15.6 Å². The molecular weight excluding hydrogens is 444 g/mol. The van der Waals surface area contributed by atoms with Crippen molar-refractivity contribution in [2.75, 3.05) is 31.6 Å². The number of pyridine rings is 1. The molecule has 1 amide bonds. The van der Waals surface area contributed by atoms with Crippen LogP contribution in [-0.2, 0) is 6.18 Å². The Hall–Kier alpha value is -3.08. The lowest BCUT2D eigenvalue weighted by molar-refractivity contribution is -0.137. The molecule has 1 aromatic carbocycles. The van der Waals surface area contributed by atoms with Gasteiger partial charge in [0.05, 0.1) is 37.0 Å². The van der Waals surface area contributed by atoms with Crippen molar-refractivity contribution >= 4 is 11.6 Å². The van der Waals surface area contributed by atoms with E-state index in [9.17, 15) is 22.4 Å². The maximum absolute atomic E-state index is 13.6. The minimum atomic E-state index is -4.67. The quantitative estimate of drug-likeness (QED) is 0.638. The van der Waals surface area contributed by atoms with Gasteiger partial charge in [-0.1, -0.05) is 0 Å². The second-order valence-electron chi connectivity index (χ2n) is 8.75. The molecule has 2 aromatic rings. The van der Waals surface area contributed by atoms with E-state index >= 15 is 0 Å². The van der Waals surface area contributed by atoms with E-state index in [0.29, 0.717) is 43.0 Å². The lowest BCUT2D eigenvalue weighted by Crippen LogP contribution is -2.56. The van der Waals surface area contributed by atoms with Gasteiger partial charge in [-0.2, -0.15) is 13.2 Å². The molecule has 0 spiro atoms. The molecule has 0 atom stereocenters. The summed E-state index contributed by atoms with van der Waals surface area (Å²) < 4.78 is 63.4. The first-order valence-electron chi connectivity index (χ1n) is 10.5. The van der Waals surface area contributed by atoms with Crippen molar-refractivity contribution < 1.29 is 31.8 Å². The zero-order chi connectivity index (χ0) is 23.4. The number of benzene rings is 1. The molecule has 7 nitrogen and oxygen atoms in total. The molecule has 2 N–H and O–H groups in total. The van der Waals surface area contributed by atoms with E-state index in [0.717, 1.165) is 25.0 Å². The molecule has 3 aliphatic heterocycles. The van der Waals surface area contributed by atoms with Crippen LogP contribution >= 0.6 is 0 Å². The highest BCUT2D eigenvalue weighted by Crippen LogP contribution is 2.39. The SMILES string of the molecule is COc1nccc(N2CC(Oc3cc(F)cc(C(F)(F)F)c3)C2)c1C(=O)NC12CNC(C1)C2. The maximum atomic E-state index is 13.6. The Morgan fingerprint density at radius 3 is 2.67 bits per heavy atom. The summed E-state index contributed by atoms with van der Waals surface area (Å²) in [7, 11) is 1.43. The number of fused-ring (bicyclic) bond motifs is 1. The summed E-state index contributed by atoms with van der Waals surface area (Å²) in [4.78, 5) is 19.2. The molecule has 11 heteroatoms. The third-order valence-corrected chi connectivity index (χ3v) is 6.39. The van der Waals surface area contributed by atoms with Crippen molar-refractivity contribution in [3.63, 3.8) is 0 Å². The van der Waals surface area contributed by atoms with E-state index in [2.05, 4.69) is 15.6 Å². The number of halogens is 4. The number of methoxy groups -OCH3 is 1. The maximum Gasteiger partial charge on any atom is 0.416 e. The van der Waals surface area contributed by atoms with E-state index in [-0.39, 0.29) is 23.1 Å². The second kappa shape index (κ2) is 7.75. The number of ether oxygens (including phenoxy) is 2. The van der Waals surface area contributed by atoms with Crippen LogP contribution in [0.1, 0.15) is 28.8 Å². The number of hydrogen-bond acceptors (Lipinski definition) is 6. The van der Waals surface area contributed by atoms with Gasteiger partial charge in [0.25, 0.3) is 5.91 Å². The van der Waals surface area contributed by atoms with Crippen LogP contribution in [-0.4, -0.2) is 55.3 Å². The number of amides is 1. The molecule has 176 valence electrons. The first kappa shape index (κ1) is 21.7. The predicted octanol–water partition coefficient (Wildman–Crippen LogP) is 2.75. The normalized spacial score (nSPS) is 24.2. The Labute approximate surface area is 187 Å². The lowest BCUT2D eigenvalue weighted by Gasteiger charge is -2.42. The fourth-order valence-electron chi connectivity index (χ4n) is 4.72. The number of hydrogen-bond donors (Lipinski definition) is 2. The van der Waals surface area contributed by atoms with Crippen LogP contribution in [0.5, 0.6) is 11.6 Å². The van der Waals surface area contributed by atoms with Gasteiger partial charge in [0.2, 0.25) is 5.88 Å². The van der Waals surface area contributed by atoms with Crippen LogP contribution in [0.15, 0.2) is 30.5 Å². The summed E-state index contributed by atoms with van der Waals surface area (Å²) in [6.45, 7) is 1.33. The Morgan fingerprint density at radius 1 is 1.27 bits per heavy atom. The molecule has 4 fully saturated rings. The van der Waals surface area contributed by atoms with Gasteiger partial charge >= 0.3 is 6.18 Å². The zero-order valence-corrected chi connectivity index (χ0v) is 17.7. The summed E-state index contributed by atoms with van der Waals surface area (Å²) in [6.07, 6.45) is -1.85. The number of aromatic nitrogens is 1. The lowest BCUT2D eigenvalue weighted by atomic mass is 9.78. The number of nitrogens with one attached hydrogen (secondary N) is 2. The molecule has 4 heterocycles. The van der Waals surface area contributed by atoms with Gasteiger partial charge < -0.3 is 25.0 Å². The molecule has 3 saturated heterocycles. The molecule has 2 bridgehead atoms. The van der Waals surface area contributed by atoms with E-state index in [1.807, 2.05) is 4.90 Å². The highest BCUT2D eigenvalue weighted by molar-refractivity contribution is 6.02. The average Bonchev–Trinajstić information content (AvgIpc) is 3.29. The molecular formula is C22H22F4N4O3. The van der Waals surface area contributed by atoms with Gasteiger partial charge in [-0.3, -0.25) is 4.79 Å². The predicted molar refractivity (Wildman–Crippen MR) is 110 cm³/mol. The molecule has 33 heavy (non-hydrogen) atoms. The van der Waals surface area contributed by atoms with Gasteiger partial charge in [0.15, 0.2) is 0 Å². The summed E-state index contributed by atoms with van der Waals surface area (Å²) in [5, 5.41) is 6.45. The molecule has 6 rings (SSSR count). The van der Waals surface area contributed by atoms with Gasteiger partial charge in [0, 0.05) is 24.8 Å². The summed E-state index contributed by atoms with van der Waals surface area (Å²) in [6, 6.07) is 4.26. The smallest absolute Gasteiger partial charge is 0.416 e. The monoisotopic (exact) mass is 466 g/mol. The summed E-state index contributed by atoms with van der Waals surface area (Å²) >= 11 is 0. The molecule has 1 aromatic heterocycles. The fraction of sp³-hybridized carbons (Fsp3) is 0.455. The Bertz CT molecular complexity index is 1080. The second-order valence-corrected chi connectivity index (χ2v) is 8.75. The number of carbonyl (C=O) groups is 1. The van der Waals surface area contributed by atoms with Gasteiger partial charge in [-0.05, 0) is 31.0 Å². The molecule has 1 aliphatic carbocycles. The third kappa shape index (κ3) is 4.05. The first-order chi connectivity index (χ1) is 15.7. The highest BCUT2D eigenvalue weighted by Gasteiger charge is 2.51. The topological polar surface area (TPSA) is 75.7 Å². The van der Waals surface area contributed by atoms with Gasteiger partial charge in [0.1, 0.15) is 23.2 Å². The summed E-state index contributed by atoms with van der Waals surface area (Å²) in [5.74, 6) is -1.31. The van der Waals surface area contributed by atoms with E-state index in [4.69, 9.17) is 9.47 Å². The fourth-order valence-corrected chi connectivity index (χ4v) is 4.72. The largest absolute Gasteiger partial charge is 0.487 e. The minimum absolute atomic E-state index is 0.188. The molecule has 0 unspecified atom stereocenters. The van der Waals surface area contributed by atoms with Crippen molar-refractivity contribution in [2.45, 2.75) is 36.7 Å². The Morgan fingerprint density at radius 2 is 2.03 bits per heavy atom. The average molecular weight is 466 g/mol. The van der Waals surface area contributed by atoms with Crippen molar-refractivity contribution in [3.05, 3.63) is 47.4 Å². The van der Waals surface area contributed by atoms with Crippen molar-refractivity contribution in [2.24, 2.45) is 0 Å². The van der Waals surface area contributed by atoms with Crippen LogP contribution in [0.3, 0.4) is 0 Å². The number of anilines is 1. The third-order valence-electron chi connectivity index (χ3n) is 6.39. The van der Waals surface area contributed by atoms with Crippen molar-refractivity contribution in [1.29, 1.82) is 0 Å². The summed E-state index contributed by atoms with van der Waals surface area (Å²) in [5.41, 5.74) is -0.472.